The van der Waals surface area contributed by atoms with Gasteiger partial charge in [0, 0.05) is 12.4 Å². The molecular formula is C6H7NaO4. The third kappa shape index (κ3) is 4.53. The Morgan fingerprint density at radius 2 is 2.00 bits per heavy atom. The van der Waals surface area contributed by atoms with Gasteiger partial charge in [-0.05, 0) is 6.42 Å². The van der Waals surface area contributed by atoms with Gasteiger partial charge in [0.15, 0.2) is 5.78 Å². The number of hydrogen-bond donors (Lipinski definition) is 0. The molecule has 1 aliphatic rings. The summed E-state index contributed by atoms with van der Waals surface area (Å²) in [6.07, 6.45) is -0.481. The van der Waals surface area contributed by atoms with Gasteiger partial charge in [0.05, 0.1) is 6.61 Å². The van der Waals surface area contributed by atoms with E-state index in [0.717, 1.165) is 0 Å². The van der Waals surface area contributed by atoms with Crippen molar-refractivity contribution in [2.24, 2.45) is 0 Å². The molecule has 56 valence electrons. The summed E-state index contributed by atoms with van der Waals surface area (Å²) in [5.74, 6) is -1.32. The smallest absolute Gasteiger partial charge is 0.550 e. The number of Topliss-reactive ketones (excluding diaryl/α,β-unsaturated/α-hetero) is 1. The second kappa shape index (κ2) is 4.87. The minimum atomic E-state index is -1.19. The molecule has 0 saturated carbocycles. The van der Waals surface area contributed by atoms with Gasteiger partial charge in [-0.1, -0.05) is 0 Å². The molecule has 1 rings (SSSR count). The summed E-state index contributed by atoms with van der Waals surface area (Å²) in [5, 5.41) is 9.84. The normalized spacial score (nSPS) is 20.2. The zero-order valence-corrected chi connectivity index (χ0v) is 8.33. The summed E-state index contributed by atoms with van der Waals surface area (Å²) in [7, 11) is 0. The van der Waals surface area contributed by atoms with E-state index in [1.165, 1.54) is 0 Å². The maximum absolute atomic E-state index is 10.7. The Morgan fingerprint density at radius 3 is 2.36 bits per heavy atom. The van der Waals surface area contributed by atoms with Crippen LogP contribution in [-0.4, -0.2) is 24.5 Å². The number of ether oxygens (including phenoxy) is 1. The topological polar surface area (TPSA) is 69.7 Å². The molecule has 0 N–H and O–H groups in total. The Labute approximate surface area is 86.2 Å². The average molecular weight is 166 g/mol. The number of epoxide rings is 1. The zero-order valence-electron chi connectivity index (χ0n) is 6.33. The van der Waals surface area contributed by atoms with Gasteiger partial charge in [-0.25, -0.2) is 0 Å². The molecule has 0 radical (unpaired) electrons. The van der Waals surface area contributed by atoms with E-state index in [9.17, 15) is 14.7 Å². The van der Waals surface area contributed by atoms with Crippen LogP contribution in [0.3, 0.4) is 0 Å². The van der Waals surface area contributed by atoms with Crippen LogP contribution in [0, 0.1) is 0 Å². The fourth-order valence-electron chi connectivity index (χ4n) is 0.620. The van der Waals surface area contributed by atoms with E-state index in [4.69, 9.17) is 0 Å². The first-order valence-electron chi connectivity index (χ1n) is 3.04. The predicted octanol–water partition coefficient (Wildman–Crippen LogP) is -4.51. The molecule has 0 aromatic heterocycles. The van der Waals surface area contributed by atoms with Gasteiger partial charge >= 0.3 is 29.6 Å². The van der Waals surface area contributed by atoms with Gasteiger partial charge in [-0.15, -0.1) is 0 Å². The van der Waals surface area contributed by atoms with E-state index < -0.39 is 5.97 Å². The van der Waals surface area contributed by atoms with Gasteiger partial charge < -0.3 is 14.6 Å². The summed E-state index contributed by atoms with van der Waals surface area (Å²) in [4.78, 5) is 20.5. The van der Waals surface area contributed by atoms with Crippen LogP contribution in [0.4, 0.5) is 0 Å². The van der Waals surface area contributed by atoms with E-state index in [1.807, 2.05) is 0 Å². The summed E-state index contributed by atoms with van der Waals surface area (Å²) < 4.78 is 4.64. The third-order valence-corrected chi connectivity index (χ3v) is 1.27. The number of carbonyl (C=O) groups is 2. The summed E-state index contributed by atoms with van der Waals surface area (Å²) in [6, 6.07) is 0. The number of ketones is 1. The first kappa shape index (κ1) is 11.1. The number of rotatable bonds is 4. The number of hydrogen-bond acceptors (Lipinski definition) is 4. The molecule has 0 aliphatic carbocycles. The second-order valence-electron chi connectivity index (χ2n) is 2.16. The fraction of sp³-hybridized carbons (Fsp3) is 0.667. The number of aliphatic carboxylic acids is 1. The van der Waals surface area contributed by atoms with Crippen molar-refractivity contribution in [2.75, 3.05) is 6.61 Å². The van der Waals surface area contributed by atoms with Crippen molar-refractivity contribution in [1.82, 2.24) is 0 Å². The van der Waals surface area contributed by atoms with Gasteiger partial charge in [0.1, 0.15) is 6.10 Å². The Hall–Kier alpha value is 0.1000. The van der Waals surface area contributed by atoms with Crippen LogP contribution < -0.4 is 34.7 Å². The van der Waals surface area contributed by atoms with Crippen LogP contribution in [0.5, 0.6) is 0 Å². The maximum atomic E-state index is 10.7. The average Bonchev–Trinajstić information content (AvgIpc) is 2.63. The second-order valence-corrected chi connectivity index (χ2v) is 2.16. The van der Waals surface area contributed by atoms with Gasteiger partial charge in [-0.3, -0.25) is 4.79 Å². The third-order valence-electron chi connectivity index (χ3n) is 1.27. The molecule has 0 aromatic rings. The van der Waals surface area contributed by atoms with Crippen molar-refractivity contribution < 1.29 is 49.0 Å². The van der Waals surface area contributed by atoms with Crippen molar-refractivity contribution in [3.63, 3.8) is 0 Å². The summed E-state index contributed by atoms with van der Waals surface area (Å²) >= 11 is 0. The molecule has 1 unspecified atom stereocenters. The van der Waals surface area contributed by atoms with Crippen molar-refractivity contribution in [1.29, 1.82) is 0 Å². The first-order chi connectivity index (χ1) is 4.70. The van der Waals surface area contributed by atoms with Crippen LogP contribution >= 0.6 is 0 Å². The molecule has 0 bridgehead atoms. The van der Waals surface area contributed by atoms with Gasteiger partial charge in [0.25, 0.3) is 0 Å². The zero-order chi connectivity index (χ0) is 7.56. The van der Waals surface area contributed by atoms with Crippen LogP contribution in [-0.2, 0) is 14.3 Å². The molecule has 0 aromatic carbocycles. The van der Waals surface area contributed by atoms with Crippen molar-refractivity contribution in [3.8, 4) is 0 Å². The molecule has 11 heavy (non-hydrogen) atoms. The molecule has 1 saturated heterocycles. The SMILES string of the molecule is O=C([O-])CCC(=O)C1CO1.[Na+]. The van der Waals surface area contributed by atoms with Crippen LogP contribution in [0.15, 0.2) is 0 Å². The van der Waals surface area contributed by atoms with Crippen LogP contribution in [0.25, 0.3) is 0 Å². The quantitative estimate of drug-likeness (QED) is 0.312. The largest absolute Gasteiger partial charge is 1.00 e. The molecule has 0 spiro atoms. The Balaban J connectivity index is 0.000001000. The van der Waals surface area contributed by atoms with E-state index in [0.29, 0.717) is 6.61 Å². The minimum absolute atomic E-state index is 0. The summed E-state index contributed by atoms with van der Waals surface area (Å²) in [6.45, 7) is 0.450. The van der Waals surface area contributed by atoms with Gasteiger partial charge in [-0.2, -0.15) is 0 Å². The molecule has 1 heterocycles. The molecule has 5 heteroatoms. The maximum Gasteiger partial charge on any atom is 1.00 e. The van der Waals surface area contributed by atoms with Crippen LogP contribution in [0.2, 0.25) is 0 Å². The molecule has 1 fully saturated rings. The van der Waals surface area contributed by atoms with E-state index in [-0.39, 0.29) is 54.3 Å². The monoisotopic (exact) mass is 166 g/mol. The first-order valence-corrected chi connectivity index (χ1v) is 3.04. The molecule has 1 aliphatic heterocycles. The molecular weight excluding hydrogens is 159 g/mol. The Morgan fingerprint density at radius 1 is 1.45 bits per heavy atom. The van der Waals surface area contributed by atoms with Crippen molar-refractivity contribution in [2.45, 2.75) is 18.9 Å². The molecule has 4 nitrogen and oxygen atoms in total. The fourth-order valence-corrected chi connectivity index (χ4v) is 0.620. The number of carboxylic acid groups (broad SMARTS) is 1. The van der Waals surface area contributed by atoms with E-state index in [1.54, 1.807) is 0 Å². The minimum Gasteiger partial charge on any atom is -0.550 e. The van der Waals surface area contributed by atoms with Gasteiger partial charge in [0.2, 0.25) is 0 Å². The van der Waals surface area contributed by atoms with E-state index >= 15 is 0 Å². The standard InChI is InChI=1S/C6H8O4.Na/c7-4(5-3-10-5)1-2-6(8)9;/h5H,1-3H2,(H,8,9);/q;+1/p-1. The summed E-state index contributed by atoms with van der Waals surface area (Å²) in [5.41, 5.74) is 0. The van der Waals surface area contributed by atoms with Crippen molar-refractivity contribution >= 4 is 11.8 Å². The van der Waals surface area contributed by atoms with Crippen molar-refractivity contribution in [3.05, 3.63) is 0 Å². The van der Waals surface area contributed by atoms with Crippen LogP contribution in [0.1, 0.15) is 12.8 Å². The Bertz CT molecular complexity index is 164. The predicted molar refractivity (Wildman–Crippen MR) is 29.0 cm³/mol. The molecule has 1 atom stereocenters. The number of carboxylic acids is 1. The molecule has 0 amide bonds. The Kier molecular flexibility index (Phi) is 4.92. The van der Waals surface area contributed by atoms with E-state index in [2.05, 4.69) is 4.74 Å². The number of carbonyl (C=O) groups excluding carboxylic acids is 2.